The van der Waals surface area contributed by atoms with Crippen LogP contribution in [0.3, 0.4) is 0 Å². The van der Waals surface area contributed by atoms with Gasteiger partial charge in [-0.15, -0.1) is 0 Å². The number of hydrogen-bond acceptors (Lipinski definition) is 2. The Labute approximate surface area is 75.3 Å². The summed E-state index contributed by atoms with van der Waals surface area (Å²) in [4.78, 5) is 11.4. The highest BCUT2D eigenvalue weighted by Gasteiger charge is 2.14. The van der Waals surface area contributed by atoms with Crippen LogP contribution >= 0.6 is 0 Å². The Kier molecular flexibility index (Phi) is 5.99. The van der Waals surface area contributed by atoms with Crippen molar-refractivity contribution in [1.82, 2.24) is 0 Å². The van der Waals surface area contributed by atoms with E-state index in [0.29, 0.717) is 18.9 Å². The van der Waals surface area contributed by atoms with Gasteiger partial charge in [-0.2, -0.15) is 0 Å². The number of rotatable bonds is 6. The fourth-order valence-electron chi connectivity index (χ4n) is 0.997. The maximum atomic E-state index is 11.4. The number of Topliss-reactive ketones (excluding diaryl/α,β-unsaturated/α-hetero) is 1. The van der Waals surface area contributed by atoms with Gasteiger partial charge in [0.15, 0.2) is 5.78 Å². The van der Waals surface area contributed by atoms with Gasteiger partial charge in [0.05, 0.1) is 0 Å². The topological polar surface area (TPSA) is 26.3 Å². The molecule has 0 aromatic heterocycles. The molecule has 12 heavy (non-hydrogen) atoms. The molecule has 0 aromatic carbocycles. The summed E-state index contributed by atoms with van der Waals surface area (Å²) in [7, 11) is 0. The highest BCUT2D eigenvalue weighted by molar-refractivity contribution is 5.82. The van der Waals surface area contributed by atoms with Crippen LogP contribution in [-0.4, -0.2) is 18.5 Å². The van der Waals surface area contributed by atoms with E-state index < -0.39 is 0 Å². The van der Waals surface area contributed by atoms with Gasteiger partial charge in [0.2, 0.25) is 0 Å². The highest BCUT2D eigenvalue weighted by atomic mass is 16.5. The molecule has 0 aliphatic rings. The highest BCUT2D eigenvalue weighted by Crippen LogP contribution is 2.09. The van der Waals surface area contributed by atoms with Gasteiger partial charge in [-0.1, -0.05) is 20.3 Å². The van der Waals surface area contributed by atoms with Gasteiger partial charge in [-0.25, -0.2) is 0 Å². The lowest BCUT2D eigenvalue weighted by molar-refractivity contribution is -0.130. The van der Waals surface area contributed by atoms with Gasteiger partial charge in [0.1, 0.15) is 6.10 Å². The molecule has 0 heterocycles. The number of carbonyl (C=O) groups is 1. The molecule has 0 saturated carbocycles. The van der Waals surface area contributed by atoms with Crippen molar-refractivity contribution in [3.63, 3.8) is 0 Å². The molecular formula is C10H20O2. The molecule has 2 unspecified atom stereocenters. The normalized spacial score (nSPS) is 15.7. The van der Waals surface area contributed by atoms with Crippen molar-refractivity contribution in [2.45, 2.75) is 46.6 Å². The van der Waals surface area contributed by atoms with Crippen molar-refractivity contribution in [1.29, 1.82) is 0 Å². The van der Waals surface area contributed by atoms with Gasteiger partial charge in [0, 0.05) is 13.0 Å². The first-order valence-corrected chi connectivity index (χ1v) is 4.76. The summed E-state index contributed by atoms with van der Waals surface area (Å²) in [6, 6.07) is 0. The van der Waals surface area contributed by atoms with E-state index in [9.17, 15) is 4.79 Å². The van der Waals surface area contributed by atoms with Crippen molar-refractivity contribution in [3.8, 4) is 0 Å². The molecule has 0 bridgehead atoms. The third-order valence-corrected chi connectivity index (χ3v) is 2.12. The zero-order valence-corrected chi connectivity index (χ0v) is 8.59. The van der Waals surface area contributed by atoms with E-state index in [4.69, 9.17) is 4.74 Å². The maximum absolute atomic E-state index is 11.4. The zero-order chi connectivity index (χ0) is 9.56. The van der Waals surface area contributed by atoms with Crippen LogP contribution in [0.2, 0.25) is 0 Å². The Bertz CT molecular complexity index is 132. The second-order valence-corrected chi connectivity index (χ2v) is 3.28. The minimum atomic E-state index is -0.219. The largest absolute Gasteiger partial charge is 0.371 e. The molecule has 0 aliphatic heterocycles. The van der Waals surface area contributed by atoms with Crippen LogP contribution < -0.4 is 0 Å². The predicted molar refractivity (Wildman–Crippen MR) is 50.2 cm³/mol. The predicted octanol–water partition coefficient (Wildman–Crippen LogP) is 2.42. The molecule has 0 aromatic rings. The van der Waals surface area contributed by atoms with Crippen molar-refractivity contribution in [2.75, 3.05) is 6.61 Å². The van der Waals surface area contributed by atoms with Crippen LogP contribution in [0, 0.1) is 5.92 Å². The van der Waals surface area contributed by atoms with Crippen LogP contribution in [0.5, 0.6) is 0 Å². The summed E-state index contributed by atoms with van der Waals surface area (Å²) in [5.41, 5.74) is 0. The number of ketones is 1. The molecule has 72 valence electrons. The molecule has 0 N–H and O–H groups in total. The van der Waals surface area contributed by atoms with E-state index >= 15 is 0 Å². The molecule has 0 aliphatic carbocycles. The van der Waals surface area contributed by atoms with Crippen LogP contribution in [0.15, 0.2) is 0 Å². The van der Waals surface area contributed by atoms with Crippen LogP contribution in [0.25, 0.3) is 0 Å². The van der Waals surface area contributed by atoms with Crippen LogP contribution in [0.4, 0.5) is 0 Å². The first-order valence-electron chi connectivity index (χ1n) is 4.76. The van der Waals surface area contributed by atoms with E-state index in [1.807, 2.05) is 13.8 Å². The molecule has 0 fully saturated rings. The molecular weight excluding hydrogens is 152 g/mol. The van der Waals surface area contributed by atoms with Crippen LogP contribution in [0.1, 0.15) is 40.5 Å². The lowest BCUT2D eigenvalue weighted by Crippen LogP contribution is -2.22. The smallest absolute Gasteiger partial charge is 0.161 e. The monoisotopic (exact) mass is 172 g/mol. The van der Waals surface area contributed by atoms with Gasteiger partial charge >= 0.3 is 0 Å². The summed E-state index contributed by atoms with van der Waals surface area (Å²) < 4.78 is 5.20. The van der Waals surface area contributed by atoms with E-state index in [0.717, 1.165) is 6.42 Å². The Balaban J connectivity index is 3.70. The van der Waals surface area contributed by atoms with E-state index in [2.05, 4.69) is 13.8 Å². The lowest BCUT2D eigenvalue weighted by Gasteiger charge is -2.12. The van der Waals surface area contributed by atoms with Gasteiger partial charge in [0.25, 0.3) is 0 Å². The number of hydrogen-bond donors (Lipinski definition) is 0. The van der Waals surface area contributed by atoms with Crippen LogP contribution in [-0.2, 0) is 9.53 Å². The first-order chi connectivity index (χ1) is 5.61. The van der Waals surface area contributed by atoms with E-state index in [1.54, 1.807) is 0 Å². The molecule has 0 amide bonds. The standard InChI is InChI=1S/C10H20O2/c1-5-8(3)7-10(11)9(4)12-6-2/h8-9H,5-7H2,1-4H3. The number of ether oxygens (including phenoxy) is 1. The minimum absolute atomic E-state index is 0.219. The van der Waals surface area contributed by atoms with Gasteiger partial charge < -0.3 is 4.74 Å². The molecule has 0 radical (unpaired) electrons. The molecule has 0 saturated heterocycles. The molecule has 2 atom stereocenters. The van der Waals surface area contributed by atoms with Gasteiger partial charge in [-0.05, 0) is 19.8 Å². The summed E-state index contributed by atoms with van der Waals surface area (Å²) in [5.74, 6) is 0.714. The molecule has 0 rings (SSSR count). The minimum Gasteiger partial charge on any atom is -0.371 e. The van der Waals surface area contributed by atoms with Crippen molar-refractivity contribution in [3.05, 3.63) is 0 Å². The Hall–Kier alpha value is -0.370. The van der Waals surface area contributed by atoms with Crippen molar-refractivity contribution in [2.24, 2.45) is 5.92 Å². The maximum Gasteiger partial charge on any atom is 0.161 e. The third kappa shape index (κ3) is 4.50. The van der Waals surface area contributed by atoms with E-state index in [1.165, 1.54) is 0 Å². The average Bonchev–Trinajstić information content (AvgIpc) is 2.04. The summed E-state index contributed by atoms with van der Waals surface area (Å²) >= 11 is 0. The summed E-state index contributed by atoms with van der Waals surface area (Å²) in [6.45, 7) is 8.55. The second kappa shape index (κ2) is 6.18. The lowest BCUT2D eigenvalue weighted by atomic mass is 10.00. The zero-order valence-electron chi connectivity index (χ0n) is 8.59. The third-order valence-electron chi connectivity index (χ3n) is 2.12. The van der Waals surface area contributed by atoms with E-state index in [-0.39, 0.29) is 11.9 Å². The Morgan fingerprint density at radius 2 is 1.92 bits per heavy atom. The fourth-order valence-corrected chi connectivity index (χ4v) is 0.997. The van der Waals surface area contributed by atoms with Gasteiger partial charge in [-0.3, -0.25) is 4.79 Å². The summed E-state index contributed by atoms with van der Waals surface area (Å²) in [6.07, 6.45) is 1.49. The van der Waals surface area contributed by atoms with Crippen molar-refractivity contribution < 1.29 is 9.53 Å². The quantitative estimate of drug-likeness (QED) is 0.615. The SMILES string of the molecule is CCOC(C)C(=O)CC(C)CC. The second-order valence-electron chi connectivity index (χ2n) is 3.28. The summed E-state index contributed by atoms with van der Waals surface area (Å²) in [5, 5.41) is 0. The molecule has 0 spiro atoms. The Morgan fingerprint density at radius 1 is 1.33 bits per heavy atom. The van der Waals surface area contributed by atoms with Crippen molar-refractivity contribution >= 4 is 5.78 Å². The average molecular weight is 172 g/mol. The molecule has 2 nitrogen and oxygen atoms in total. The Morgan fingerprint density at radius 3 is 2.33 bits per heavy atom. The number of carbonyl (C=O) groups excluding carboxylic acids is 1. The fraction of sp³-hybridized carbons (Fsp3) is 0.900. The first kappa shape index (κ1) is 11.6. The molecule has 2 heteroatoms.